The van der Waals surface area contributed by atoms with E-state index in [1.165, 1.54) is 0 Å². The Bertz CT molecular complexity index is 812. The van der Waals surface area contributed by atoms with E-state index in [-0.39, 0.29) is 17.9 Å². The largest absolute Gasteiger partial charge is 0.371 e. The maximum Gasteiger partial charge on any atom is 0.253 e. The van der Waals surface area contributed by atoms with Crippen LogP contribution in [0.1, 0.15) is 42.6 Å². The summed E-state index contributed by atoms with van der Waals surface area (Å²) in [4.78, 5) is 27.2. The van der Waals surface area contributed by atoms with Crippen LogP contribution in [0.15, 0.2) is 54.6 Å². The Kier molecular flexibility index (Phi) is 7.28. The van der Waals surface area contributed by atoms with Gasteiger partial charge in [0.15, 0.2) is 0 Å². The topological polar surface area (TPSA) is 61.4 Å². The van der Waals surface area contributed by atoms with Crippen LogP contribution in [-0.4, -0.2) is 37.5 Å². The van der Waals surface area contributed by atoms with Crippen LogP contribution in [0, 0.1) is 5.92 Å². The summed E-state index contributed by atoms with van der Waals surface area (Å²) < 4.78 is 0. The molecule has 2 N–H and O–H groups in total. The van der Waals surface area contributed by atoms with Crippen LogP contribution in [0.5, 0.6) is 0 Å². The van der Waals surface area contributed by atoms with E-state index in [2.05, 4.69) is 29.4 Å². The van der Waals surface area contributed by atoms with Crippen LogP contribution in [-0.2, 0) is 11.2 Å². The molecule has 0 radical (unpaired) electrons. The van der Waals surface area contributed by atoms with Crippen molar-refractivity contribution in [1.82, 2.24) is 10.6 Å². The number of piperidine rings is 1. The molecule has 0 spiro atoms. The highest BCUT2D eigenvalue weighted by molar-refractivity contribution is 5.99. The van der Waals surface area contributed by atoms with E-state index < -0.39 is 0 Å². The predicted molar refractivity (Wildman–Crippen MR) is 117 cm³/mol. The lowest BCUT2D eigenvalue weighted by molar-refractivity contribution is -0.121. The first-order valence-corrected chi connectivity index (χ1v) is 10.5. The number of rotatable bonds is 7. The lowest BCUT2D eigenvalue weighted by Crippen LogP contribution is -2.45. The zero-order chi connectivity index (χ0) is 20.6. The smallest absolute Gasteiger partial charge is 0.253 e. The zero-order valence-corrected chi connectivity index (χ0v) is 17.4. The number of nitrogens with one attached hydrogen (secondary N) is 2. The fourth-order valence-corrected chi connectivity index (χ4v) is 3.66. The second-order valence-electron chi connectivity index (χ2n) is 8.11. The van der Waals surface area contributed by atoms with Gasteiger partial charge in [0.05, 0.1) is 12.0 Å². The number of hydrogen-bond acceptors (Lipinski definition) is 3. The second-order valence-corrected chi connectivity index (χ2v) is 8.11. The summed E-state index contributed by atoms with van der Waals surface area (Å²) in [6, 6.07) is 17.8. The molecule has 3 rings (SSSR count). The molecule has 0 saturated carbocycles. The standard InChI is InChI=1S/C24H31N3O2/c1-18(2)17-25-24(29)21-10-6-7-11-22(21)27-14-12-20(13-15-27)26-23(28)16-19-8-4-3-5-9-19/h3-11,18,20H,12-17H2,1-2H3,(H,25,29)(H,26,28). The monoisotopic (exact) mass is 393 g/mol. The fourth-order valence-electron chi connectivity index (χ4n) is 3.66. The minimum Gasteiger partial charge on any atom is -0.371 e. The van der Waals surface area contributed by atoms with Gasteiger partial charge in [0.2, 0.25) is 5.91 Å². The van der Waals surface area contributed by atoms with Gasteiger partial charge in [-0.2, -0.15) is 0 Å². The van der Waals surface area contributed by atoms with E-state index >= 15 is 0 Å². The van der Waals surface area contributed by atoms with Crippen molar-refractivity contribution < 1.29 is 9.59 Å². The molecule has 0 atom stereocenters. The van der Waals surface area contributed by atoms with Gasteiger partial charge in [-0.15, -0.1) is 0 Å². The van der Waals surface area contributed by atoms with Crippen molar-refractivity contribution in [3.8, 4) is 0 Å². The number of anilines is 1. The van der Waals surface area contributed by atoms with Crippen molar-refractivity contribution in [2.45, 2.75) is 39.2 Å². The minimum atomic E-state index is -0.0208. The van der Waals surface area contributed by atoms with Crippen molar-refractivity contribution in [2.24, 2.45) is 5.92 Å². The number of nitrogens with zero attached hydrogens (tertiary/aromatic N) is 1. The Morgan fingerprint density at radius 2 is 1.66 bits per heavy atom. The Hall–Kier alpha value is -2.82. The predicted octanol–water partition coefficient (Wildman–Crippen LogP) is 3.40. The first kappa shape index (κ1) is 20.9. The first-order chi connectivity index (χ1) is 14.0. The number of benzene rings is 2. The van der Waals surface area contributed by atoms with Gasteiger partial charge in [0, 0.05) is 31.4 Å². The van der Waals surface area contributed by atoms with Crippen LogP contribution in [0.3, 0.4) is 0 Å². The van der Waals surface area contributed by atoms with Crippen molar-refractivity contribution >= 4 is 17.5 Å². The molecule has 2 aromatic rings. The van der Waals surface area contributed by atoms with Crippen LogP contribution in [0.4, 0.5) is 5.69 Å². The maximum absolute atomic E-state index is 12.6. The summed E-state index contributed by atoms with van der Waals surface area (Å²) in [5.41, 5.74) is 2.73. The molecule has 0 bridgehead atoms. The van der Waals surface area contributed by atoms with Gasteiger partial charge < -0.3 is 15.5 Å². The molecule has 1 aliphatic heterocycles. The molecule has 1 aliphatic rings. The van der Waals surface area contributed by atoms with E-state index in [4.69, 9.17) is 0 Å². The molecule has 5 nitrogen and oxygen atoms in total. The molecule has 5 heteroatoms. The van der Waals surface area contributed by atoms with Gasteiger partial charge in [-0.25, -0.2) is 0 Å². The van der Waals surface area contributed by atoms with Crippen molar-refractivity contribution in [2.75, 3.05) is 24.5 Å². The van der Waals surface area contributed by atoms with Crippen molar-refractivity contribution in [3.63, 3.8) is 0 Å². The van der Waals surface area contributed by atoms with Gasteiger partial charge in [-0.1, -0.05) is 56.3 Å². The van der Waals surface area contributed by atoms with Gasteiger partial charge in [0.1, 0.15) is 0 Å². The zero-order valence-electron chi connectivity index (χ0n) is 17.4. The molecule has 0 aromatic heterocycles. The quantitative estimate of drug-likeness (QED) is 0.758. The Morgan fingerprint density at radius 1 is 1.00 bits per heavy atom. The van der Waals surface area contributed by atoms with Crippen molar-refractivity contribution in [3.05, 3.63) is 65.7 Å². The number of carbonyl (C=O) groups excluding carboxylic acids is 2. The highest BCUT2D eigenvalue weighted by Gasteiger charge is 2.23. The molecule has 2 aromatic carbocycles. The van der Waals surface area contributed by atoms with Gasteiger partial charge >= 0.3 is 0 Å². The Labute approximate surface area is 173 Å². The summed E-state index contributed by atoms with van der Waals surface area (Å²) in [7, 11) is 0. The average Bonchev–Trinajstić information content (AvgIpc) is 2.73. The third-order valence-electron chi connectivity index (χ3n) is 5.23. The first-order valence-electron chi connectivity index (χ1n) is 10.5. The Balaban J connectivity index is 1.54. The molecule has 154 valence electrons. The average molecular weight is 394 g/mol. The van der Waals surface area contributed by atoms with E-state index in [0.717, 1.165) is 42.7 Å². The van der Waals surface area contributed by atoms with Gasteiger partial charge in [0.25, 0.3) is 5.91 Å². The van der Waals surface area contributed by atoms with Gasteiger partial charge in [-0.3, -0.25) is 9.59 Å². The molecular weight excluding hydrogens is 362 g/mol. The SMILES string of the molecule is CC(C)CNC(=O)c1ccccc1N1CCC(NC(=O)Cc2ccccc2)CC1. The molecule has 0 aliphatic carbocycles. The highest BCUT2D eigenvalue weighted by Crippen LogP contribution is 2.24. The molecule has 0 unspecified atom stereocenters. The normalized spacial score (nSPS) is 14.7. The number of para-hydroxylation sites is 1. The minimum absolute atomic E-state index is 0.0208. The summed E-state index contributed by atoms with van der Waals surface area (Å²) in [5.74, 6) is 0.469. The maximum atomic E-state index is 12.6. The third kappa shape index (κ3) is 6.08. The van der Waals surface area contributed by atoms with E-state index in [9.17, 15) is 9.59 Å². The lowest BCUT2D eigenvalue weighted by Gasteiger charge is -2.35. The number of carbonyl (C=O) groups is 2. The molecule has 29 heavy (non-hydrogen) atoms. The molecule has 1 heterocycles. The van der Waals surface area contributed by atoms with E-state index in [0.29, 0.717) is 18.9 Å². The Morgan fingerprint density at radius 3 is 2.34 bits per heavy atom. The summed E-state index contributed by atoms with van der Waals surface area (Å²) in [5, 5.41) is 6.18. The second kappa shape index (κ2) is 10.1. The summed E-state index contributed by atoms with van der Waals surface area (Å²) in [6.07, 6.45) is 2.17. The summed E-state index contributed by atoms with van der Waals surface area (Å²) in [6.45, 7) is 6.49. The number of hydrogen-bond donors (Lipinski definition) is 2. The molecular formula is C24H31N3O2. The molecule has 1 fully saturated rings. The van der Waals surface area contributed by atoms with E-state index in [1.54, 1.807) is 0 Å². The lowest BCUT2D eigenvalue weighted by atomic mass is 10.0. The fraction of sp³-hybridized carbons (Fsp3) is 0.417. The highest BCUT2D eigenvalue weighted by atomic mass is 16.2. The van der Waals surface area contributed by atoms with Gasteiger partial charge in [-0.05, 0) is 36.5 Å². The third-order valence-corrected chi connectivity index (χ3v) is 5.23. The van der Waals surface area contributed by atoms with Crippen LogP contribution in [0.2, 0.25) is 0 Å². The van der Waals surface area contributed by atoms with Crippen LogP contribution < -0.4 is 15.5 Å². The molecule has 2 amide bonds. The van der Waals surface area contributed by atoms with Crippen LogP contribution in [0.25, 0.3) is 0 Å². The van der Waals surface area contributed by atoms with Crippen LogP contribution >= 0.6 is 0 Å². The molecule has 1 saturated heterocycles. The number of amides is 2. The van der Waals surface area contributed by atoms with E-state index in [1.807, 2.05) is 54.6 Å². The summed E-state index contributed by atoms with van der Waals surface area (Å²) >= 11 is 0. The van der Waals surface area contributed by atoms with Crippen molar-refractivity contribution in [1.29, 1.82) is 0 Å².